The van der Waals surface area contributed by atoms with Crippen LogP contribution < -0.4 is 5.32 Å². The van der Waals surface area contributed by atoms with Crippen LogP contribution in [0.4, 0.5) is 5.13 Å². The molecular formula is C17H28N4O2S2. The monoisotopic (exact) mass is 384 g/mol. The van der Waals surface area contributed by atoms with Gasteiger partial charge in [0.1, 0.15) is 0 Å². The molecule has 0 aromatic carbocycles. The Bertz CT molecular complexity index is 579. The van der Waals surface area contributed by atoms with E-state index < -0.39 is 0 Å². The van der Waals surface area contributed by atoms with E-state index in [4.69, 9.17) is 0 Å². The topological polar surface area (TPSA) is 75.2 Å². The summed E-state index contributed by atoms with van der Waals surface area (Å²) >= 11 is 2.72. The number of thioether (sulfide) groups is 1. The van der Waals surface area contributed by atoms with E-state index in [9.17, 15) is 9.59 Å². The van der Waals surface area contributed by atoms with Gasteiger partial charge in [-0.25, -0.2) is 0 Å². The number of hydrogen-bond donors (Lipinski definition) is 1. The van der Waals surface area contributed by atoms with E-state index in [0.29, 0.717) is 27.3 Å². The third-order valence-electron chi connectivity index (χ3n) is 4.79. The molecule has 2 heterocycles. The van der Waals surface area contributed by atoms with Gasteiger partial charge >= 0.3 is 0 Å². The molecule has 0 aliphatic carbocycles. The lowest BCUT2D eigenvalue weighted by molar-refractivity contribution is -0.134. The molecule has 1 aromatic rings. The zero-order valence-electron chi connectivity index (χ0n) is 15.4. The predicted octanol–water partition coefficient (Wildman–Crippen LogP) is 3.79. The van der Waals surface area contributed by atoms with Gasteiger partial charge < -0.3 is 10.2 Å². The van der Waals surface area contributed by atoms with Crippen LogP contribution in [0.15, 0.2) is 4.34 Å². The number of likely N-dealkylation sites (tertiary alicyclic amines) is 1. The molecule has 2 amide bonds. The second kappa shape index (κ2) is 9.52. The minimum absolute atomic E-state index is 0.00339. The molecule has 25 heavy (non-hydrogen) atoms. The fourth-order valence-electron chi connectivity index (χ4n) is 3.30. The molecular weight excluding hydrogens is 356 g/mol. The van der Waals surface area contributed by atoms with Gasteiger partial charge in [-0.15, -0.1) is 10.2 Å². The summed E-state index contributed by atoms with van der Waals surface area (Å²) in [6, 6.07) is 0.613. The van der Waals surface area contributed by atoms with Gasteiger partial charge in [0, 0.05) is 18.0 Å². The summed E-state index contributed by atoms with van der Waals surface area (Å²) in [5.74, 6) is 0.514. The van der Waals surface area contributed by atoms with Crippen LogP contribution in [0.3, 0.4) is 0 Å². The molecule has 1 aliphatic heterocycles. The van der Waals surface area contributed by atoms with Crippen molar-refractivity contribution in [2.75, 3.05) is 11.1 Å². The van der Waals surface area contributed by atoms with Crippen LogP contribution in [0.5, 0.6) is 0 Å². The Labute approximate surface area is 158 Å². The third-order valence-corrected chi connectivity index (χ3v) is 6.75. The molecule has 0 unspecified atom stereocenters. The van der Waals surface area contributed by atoms with Gasteiger partial charge in [0.2, 0.25) is 16.9 Å². The number of nitrogens with zero attached hydrogens (tertiary/aromatic N) is 3. The molecule has 1 aliphatic rings. The Balaban J connectivity index is 1.86. The Kier molecular flexibility index (Phi) is 7.68. The Morgan fingerprint density at radius 2 is 1.88 bits per heavy atom. The summed E-state index contributed by atoms with van der Waals surface area (Å²) in [6.45, 7) is 8.25. The van der Waals surface area contributed by atoms with Crippen molar-refractivity contribution in [1.82, 2.24) is 15.1 Å². The highest BCUT2D eigenvalue weighted by molar-refractivity contribution is 8.01. The number of amides is 2. The van der Waals surface area contributed by atoms with Gasteiger partial charge in [-0.1, -0.05) is 36.9 Å². The average molecular weight is 385 g/mol. The lowest BCUT2D eigenvalue weighted by Crippen LogP contribution is -2.48. The molecule has 1 aromatic heterocycles. The number of nitrogens with one attached hydrogen (secondary N) is 1. The minimum atomic E-state index is -0.00950. The number of anilines is 1. The zero-order valence-corrected chi connectivity index (χ0v) is 17.1. The Hall–Kier alpha value is -1.15. The second-order valence-electron chi connectivity index (χ2n) is 6.59. The number of piperidine rings is 1. The number of carbonyl (C=O) groups excluding carboxylic acids is 2. The Morgan fingerprint density at radius 3 is 2.48 bits per heavy atom. The van der Waals surface area contributed by atoms with Gasteiger partial charge in [-0.05, 0) is 46.0 Å². The van der Waals surface area contributed by atoms with Gasteiger partial charge in [0.05, 0.1) is 5.75 Å². The zero-order chi connectivity index (χ0) is 18.4. The van der Waals surface area contributed by atoms with Crippen LogP contribution in [-0.4, -0.2) is 44.7 Å². The van der Waals surface area contributed by atoms with Crippen molar-refractivity contribution in [3.8, 4) is 0 Å². The summed E-state index contributed by atoms with van der Waals surface area (Å²) in [5, 5.41) is 11.4. The minimum Gasteiger partial charge on any atom is -0.337 e. The molecule has 0 saturated carbocycles. The first-order valence-electron chi connectivity index (χ1n) is 9.04. The maximum atomic E-state index is 12.5. The second-order valence-corrected chi connectivity index (χ2v) is 8.79. The molecule has 0 radical (unpaired) electrons. The fraction of sp³-hybridized carbons (Fsp3) is 0.765. The SMILES string of the molecule is CCC(CC)C(=O)Nc1nnc(SCC(=O)N2[C@H](C)CCC[C@H]2C)s1. The summed E-state index contributed by atoms with van der Waals surface area (Å²) in [6.07, 6.45) is 4.96. The first-order valence-corrected chi connectivity index (χ1v) is 10.8. The van der Waals surface area contributed by atoms with Crippen LogP contribution >= 0.6 is 23.1 Å². The van der Waals surface area contributed by atoms with Crippen LogP contribution in [-0.2, 0) is 9.59 Å². The van der Waals surface area contributed by atoms with Crippen molar-refractivity contribution in [3.63, 3.8) is 0 Å². The van der Waals surface area contributed by atoms with Gasteiger partial charge in [0.15, 0.2) is 4.34 Å². The first kappa shape index (κ1) is 20.2. The highest BCUT2D eigenvalue weighted by Crippen LogP contribution is 2.28. The van der Waals surface area contributed by atoms with Crippen molar-refractivity contribution in [1.29, 1.82) is 0 Å². The van der Waals surface area contributed by atoms with Crippen LogP contribution in [0, 0.1) is 5.92 Å². The lowest BCUT2D eigenvalue weighted by atomic mass is 9.98. The van der Waals surface area contributed by atoms with Gasteiger partial charge in [-0.2, -0.15) is 0 Å². The molecule has 2 rings (SSSR count). The fourth-order valence-corrected chi connectivity index (χ4v) is 4.92. The normalized spacial score (nSPS) is 20.8. The highest BCUT2D eigenvalue weighted by atomic mass is 32.2. The largest absolute Gasteiger partial charge is 0.337 e. The van der Waals surface area contributed by atoms with E-state index in [1.807, 2.05) is 18.7 Å². The van der Waals surface area contributed by atoms with Gasteiger partial charge in [0.25, 0.3) is 0 Å². The van der Waals surface area contributed by atoms with Crippen molar-refractivity contribution < 1.29 is 9.59 Å². The lowest BCUT2D eigenvalue weighted by Gasteiger charge is -2.39. The number of aromatic nitrogens is 2. The van der Waals surface area contributed by atoms with Crippen LogP contribution in [0.25, 0.3) is 0 Å². The highest BCUT2D eigenvalue weighted by Gasteiger charge is 2.28. The van der Waals surface area contributed by atoms with Crippen LogP contribution in [0.1, 0.15) is 59.8 Å². The van der Waals surface area contributed by atoms with E-state index >= 15 is 0 Å². The molecule has 0 spiro atoms. The van der Waals surface area contributed by atoms with Crippen molar-refractivity contribution in [2.45, 2.75) is 76.2 Å². The molecule has 2 atom stereocenters. The predicted molar refractivity (Wildman–Crippen MR) is 103 cm³/mol. The number of hydrogen-bond acceptors (Lipinski definition) is 6. The molecule has 1 N–H and O–H groups in total. The summed E-state index contributed by atoms with van der Waals surface area (Å²) in [7, 11) is 0. The van der Waals surface area contributed by atoms with Crippen molar-refractivity contribution >= 4 is 40.0 Å². The van der Waals surface area contributed by atoms with Crippen molar-refractivity contribution in [3.05, 3.63) is 0 Å². The smallest absolute Gasteiger partial charge is 0.233 e. The number of rotatable bonds is 7. The molecule has 1 saturated heterocycles. The molecule has 8 heteroatoms. The molecule has 0 bridgehead atoms. The molecule has 6 nitrogen and oxygen atoms in total. The third kappa shape index (κ3) is 5.41. The molecule has 1 fully saturated rings. The van der Waals surface area contributed by atoms with E-state index in [2.05, 4.69) is 29.4 Å². The van der Waals surface area contributed by atoms with E-state index in [0.717, 1.165) is 25.7 Å². The summed E-state index contributed by atoms with van der Waals surface area (Å²) < 4.78 is 0.713. The van der Waals surface area contributed by atoms with E-state index in [1.54, 1.807) is 0 Å². The average Bonchev–Trinajstić information content (AvgIpc) is 3.01. The maximum absolute atomic E-state index is 12.5. The Morgan fingerprint density at radius 1 is 1.24 bits per heavy atom. The number of carbonyl (C=O) groups is 2. The van der Waals surface area contributed by atoms with E-state index in [1.165, 1.54) is 29.5 Å². The van der Waals surface area contributed by atoms with Crippen LogP contribution in [0.2, 0.25) is 0 Å². The van der Waals surface area contributed by atoms with Crippen molar-refractivity contribution in [2.24, 2.45) is 5.92 Å². The quantitative estimate of drug-likeness (QED) is 0.572. The maximum Gasteiger partial charge on any atom is 0.233 e. The standard InChI is InChI=1S/C17H28N4O2S2/c1-5-13(6-2)15(23)18-16-19-20-17(25-16)24-10-14(22)21-11(3)8-7-9-12(21)4/h11-13H,5-10H2,1-4H3,(H,18,19,23)/t11-,12-/m1/s1. The molecule has 140 valence electrons. The first-order chi connectivity index (χ1) is 12.0. The van der Waals surface area contributed by atoms with E-state index in [-0.39, 0.29) is 17.7 Å². The summed E-state index contributed by atoms with van der Waals surface area (Å²) in [4.78, 5) is 26.6. The summed E-state index contributed by atoms with van der Waals surface area (Å²) in [5.41, 5.74) is 0. The van der Waals surface area contributed by atoms with Gasteiger partial charge in [-0.3, -0.25) is 9.59 Å².